The average molecular weight is 532 g/mol. The molecule has 0 heterocycles. The number of aliphatic hydroxyl groups is 1. The van der Waals surface area contributed by atoms with Crippen molar-refractivity contribution in [3.05, 3.63) is 60.7 Å². The van der Waals surface area contributed by atoms with E-state index in [0.717, 1.165) is 18.3 Å². The van der Waals surface area contributed by atoms with Gasteiger partial charge in [0.2, 0.25) is 0 Å². The standard InChI is InChI=1S/C15H15I2NO2.ClH/c16-11-7-10(8-12(17)15(11)20)14(18)13(19)6-9-4-2-1-3-5-9;/h1-5,7-8,13-14,19-20H,6,18H2;1H/t13-,14+;/m1./s1. The molecule has 2 aromatic rings. The van der Waals surface area contributed by atoms with Gasteiger partial charge in [0, 0.05) is 6.42 Å². The first-order chi connectivity index (χ1) is 9.49. The van der Waals surface area contributed by atoms with Crippen LogP contribution in [0.2, 0.25) is 0 Å². The normalized spacial score (nSPS) is 13.3. The molecule has 0 saturated carbocycles. The van der Waals surface area contributed by atoms with Crippen LogP contribution >= 0.6 is 57.6 Å². The van der Waals surface area contributed by atoms with Gasteiger partial charge in [-0.05, 0) is 68.4 Å². The van der Waals surface area contributed by atoms with E-state index in [1.165, 1.54) is 0 Å². The molecule has 0 aliphatic rings. The Morgan fingerprint density at radius 3 is 2.10 bits per heavy atom. The monoisotopic (exact) mass is 531 g/mol. The van der Waals surface area contributed by atoms with Crippen LogP contribution in [0.1, 0.15) is 17.2 Å². The van der Waals surface area contributed by atoms with Crippen LogP contribution in [0.4, 0.5) is 0 Å². The maximum Gasteiger partial charge on any atom is 0.142 e. The van der Waals surface area contributed by atoms with E-state index in [4.69, 9.17) is 5.73 Å². The lowest BCUT2D eigenvalue weighted by atomic mass is 9.97. The summed E-state index contributed by atoms with van der Waals surface area (Å²) in [6.45, 7) is 0. The number of phenolic OH excluding ortho intramolecular Hbond substituents is 1. The molecule has 0 spiro atoms. The molecule has 0 saturated heterocycles. The van der Waals surface area contributed by atoms with Gasteiger partial charge in [-0.15, -0.1) is 12.4 Å². The molecule has 0 unspecified atom stereocenters. The Morgan fingerprint density at radius 1 is 1.05 bits per heavy atom. The zero-order valence-corrected chi connectivity index (χ0v) is 16.2. The van der Waals surface area contributed by atoms with E-state index in [0.29, 0.717) is 6.42 Å². The highest BCUT2D eigenvalue weighted by Gasteiger charge is 2.19. The molecule has 0 bridgehead atoms. The van der Waals surface area contributed by atoms with Crippen molar-refractivity contribution in [3.8, 4) is 5.75 Å². The first kappa shape index (κ1) is 19.0. The van der Waals surface area contributed by atoms with Crippen molar-refractivity contribution in [2.75, 3.05) is 0 Å². The van der Waals surface area contributed by atoms with Crippen molar-refractivity contribution in [2.45, 2.75) is 18.6 Å². The van der Waals surface area contributed by atoms with E-state index in [2.05, 4.69) is 45.2 Å². The first-order valence-electron chi connectivity index (χ1n) is 6.14. The minimum Gasteiger partial charge on any atom is -0.506 e. The van der Waals surface area contributed by atoms with Gasteiger partial charge in [0.15, 0.2) is 0 Å². The number of benzene rings is 2. The summed E-state index contributed by atoms with van der Waals surface area (Å²) in [5.74, 6) is 0.264. The molecule has 6 heteroatoms. The van der Waals surface area contributed by atoms with Crippen molar-refractivity contribution in [3.63, 3.8) is 0 Å². The topological polar surface area (TPSA) is 66.5 Å². The van der Waals surface area contributed by atoms with E-state index >= 15 is 0 Å². The van der Waals surface area contributed by atoms with Gasteiger partial charge >= 0.3 is 0 Å². The van der Waals surface area contributed by atoms with E-state index in [1.807, 2.05) is 42.5 Å². The summed E-state index contributed by atoms with van der Waals surface area (Å²) >= 11 is 4.13. The Bertz CT molecular complexity index is 572. The first-order valence-corrected chi connectivity index (χ1v) is 8.30. The molecule has 0 aliphatic heterocycles. The van der Waals surface area contributed by atoms with Gasteiger partial charge in [-0.2, -0.15) is 0 Å². The summed E-state index contributed by atoms with van der Waals surface area (Å²) in [6.07, 6.45) is -0.149. The second-order valence-corrected chi connectivity index (χ2v) is 6.94. The number of hydrogen-bond donors (Lipinski definition) is 3. The van der Waals surface area contributed by atoms with Crippen LogP contribution in [-0.4, -0.2) is 16.3 Å². The lowest BCUT2D eigenvalue weighted by Crippen LogP contribution is -2.28. The molecule has 0 radical (unpaired) electrons. The lowest BCUT2D eigenvalue weighted by Gasteiger charge is -2.20. The Kier molecular flexibility index (Phi) is 7.69. The molecule has 2 atom stereocenters. The minimum atomic E-state index is -0.659. The van der Waals surface area contributed by atoms with Crippen LogP contribution in [0.3, 0.4) is 0 Å². The van der Waals surface area contributed by atoms with Gasteiger partial charge in [0.05, 0.1) is 19.3 Å². The van der Waals surface area contributed by atoms with Crippen LogP contribution in [0, 0.1) is 7.14 Å². The van der Waals surface area contributed by atoms with Crippen molar-refractivity contribution >= 4 is 57.6 Å². The van der Waals surface area contributed by atoms with Crippen LogP contribution in [-0.2, 0) is 6.42 Å². The van der Waals surface area contributed by atoms with Crippen molar-refractivity contribution in [1.82, 2.24) is 0 Å². The van der Waals surface area contributed by atoms with Crippen molar-refractivity contribution in [2.24, 2.45) is 5.73 Å². The highest BCUT2D eigenvalue weighted by molar-refractivity contribution is 14.1. The van der Waals surface area contributed by atoms with Crippen molar-refractivity contribution in [1.29, 1.82) is 0 Å². The summed E-state index contributed by atoms with van der Waals surface area (Å²) in [5, 5.41) is 20.1. The second kappa shape index (κ2) is 8.52. The Morgan fingerprint density at radius 2 is 1.57 bits per heavy atom. The molecule has 0 aromatic heterocycles. The number of hydrogen-bond acceptors (Lipinski definition) is 3. The number of aliphatic hydroxyl groups excluding tert-OH is 1. The zero-order valence-electron chi connectivity index (χ0n) is 11.0. The van der Waals surface area contributed by atoms with Gasteiger partial charge in [-0.25, -0.2) is 0 Å². The quantitative estimate of drug-likeness (QED) is 0.528. The van der Waals surface area contributed by atoms with E-state index < -0.39 is 12.1 Å². The summed E-state index contributed by atoms with van der Waals surface area (Å²) in [6, 6.07) is 12.9. The van der Waals surface area contributed by atoms with Gasteiger partial charge in [-0.3, -0.25) is 0 Å². The average Bonchev–Trinajstić information content (AvgIpc) is 2.44. The van der Waals surface area contributed by atoms with Crippen LogP contribution in [0.15, 0.2) is 42.5 Å². The third kappa shape index (κ3) is 4.95. The SMILES string of the molecule is Cl.N[C@@H](c1cc(I)c(O)c(I)c1)[C@H](O)Cc1ccccc1. The molecule has 21 heavy (non-hydrogen) atoms. The second-order valence-electron chi connectivity index (χ2n) is 4.62. The minimum absolute atomic E-state index is 0. The predicted octanol–water partition coefficient (Wildman–Crippen LogP) is 3.63. The number of phenols is 1. The molecule has 4 N–H and O–H groups in total. The summed E-state index contributed by atoms with van der Waals surface area (Å²) in [7, 11) is 0. The Balaban J connectivity index is 0.00000220. The summed E-state index contributed by atoms with van der Waals surface area (Å²) in [5.41, 5.74) is 8.02. The number of nitrogens with two attached hydrogens (primary N) is 1. The highest BCUT2D eigenvalue weighted by atomic mass is 127. The van der Waals surface area contributed by atoms with Crippen LogP contribution < -0.4 is 5.73 Å². The number of halogens is 3. The third-order valence-electron chi connectivity index (χ3n) is 3.13. The molecule has 0 aliphatic carbocycles. The molecule has 114 valence electrons. The maximum atomic E-state index is 10.3. The molecule has 0 amide bonds. The third-order valence-corrected chi connectivity index (χ3v) is 4.77. The predicted molar refractivity (Wildman–Crippen MR) is 104 cm³/mol. The molecule has 2 aromatic carbocycles. The van der Waals surface area contributed by atoms with Gasteiger partial charge in [-0.1, -0.05) is 30.3 Å². The Hall–Kier alpha value is -0.0900. The number of rotatable bonds is 4. The molecular weight excluding hydrogens is 515 g/mol. The molecule has 0 fully saturated rings. The smallest absolute Gasteiger partial charge is 0.142 e. The summed E-state index contributed by atoms with van der Waals surface area (Å²) in [4.78, 5) is 0. The van der Waals surface area contributed by atoms with Gasteiger partial charge < -0.3 is 15.9 Å². The van der Waals surface area contributed by atoms with Gasteiger partial charge in [0.25, 0.3) is 0 Å². The Labute approximate surface area is 157 Å². The van der Waals surface area contributed by atoms with Crippen LogP contribution in [0.25, 0.3) is 0 Å². The lowest BCUT2D eigenvalue weighted by molar-refractivity contribution is 0.145. The van der Waals surface area contributed by atoms with E-state index in [-0.39, 0.29) is 18.2 Å². The zero-order chi connectivity index (χ0) is 14.7. The fourth-order valence-electron chi connectivity index (χ4n) is 1.98. The van der Waals surface area contributed by atoms with Crippen LogP contribution in [0.5, 0.6) is 5.75 Å². The fourth-order valence-corrected chi connectivity index (χ4v) is 3.80. The maximum absolute atomic E-state index is 10.3. The molecular formula is C15H16ClI2NO2. The fraction of sp³-hybridized carbons (Fsp3) is 0.200. The van der Waals surface area contributed by atoms with E-state index in [1.54, 1.807) is 0 Å². The van der Waals surface area contributed by atoms with Gasteiger partial charge in [0.1, 0.15) is 5.75 Å². The largest absolute Gasteiger partial charge is 0.506 e. The highest BCUT2D eigenvalue weighted by Crippen LogP contribution is 2.30. The summed E-state index contributed by atoms with van der Waals surface area (Å²) < 4.78 is 1.48. The number of aromatic hydroxyl groups is 1. The molecule has 3 nitrogen and oxygen atoms in total. The van der Waals surface area contributed by atoms with E-state index in [9.17, 15) is 10.2 Å². The van der Waals surface area contributed by atoms with Crippen molar-refractivity contribution < 1.29 is 10.2 Å². The molecule has 2 rings (SSSR count).